The van der Waals surface area contributed by atoms with Gasteiger partial charge in [-0.2, -0.15) is 43.9 Å². The van der Waals surface area contributed by atoms with Crippen molar-refractivity contribution in [3.63, 3.8) is 0 Å². The average molecular weight is 2050 g/mol. The lowest BCUT2D eigenvalue weighted by Gasteiger charge is -2.45. The molecule has 9 aromatic carbocycles. The molecule has 149 heavy (non-hydrogen) atoms. The molecule has 0 saturated heterocycles. The highest BCUT2D eigenvalue weighted by Crippen LogP contribution is 2.69. The van der Waals surface area contributed by atoms with E-state index in [9.17, 15) is 43.9 Å². The summed E-state index contributed by atoms with van der Waals surface area (Å²) < 4.78 is 181. The van der Waals surface area contributed by atoms with Gasteiger partial charge < -0.3 is 47.5 Å². The van der Waals surface area contributed by atoms with Gasteiger partial charge in [0.05, 0.1) is 62.1 Å². The fourth-order valence-corrected chi connectivity index (χ4v) is 23.9. The summed E-state index contributed by atoms with van der Waals surface area (Å²) in [5, 5.41) is 0. The van der Waals surface area contributed by atoms with E-state index in [0.29, 0.717) is 11.3 Å². The van der Waals surface area contributed by atoms with Crippen LogP contribution in [0.1, 0.15) is 304 Å². The fourth-order valence-electron chi connectivity index (χ4n) is 23.9. The lowest BCUT2D eigenvalue weighted by atomic mass is 9.67. The predicted molar refractivity (Wildman–Crippen MR) is 571 cm³/mol. The molecular weight excluding hydrogens is 1900 g/mol. The molecule has 21 heteroatoms. The number of benzene rings is 9. The first kappa shape index (κ1) is 110. The molecule has 9 aromatic rings. The zero-order chi connectivity index (χ0) is 109. The van der Waals surface area contributed by atoms with E-state index in [0.717, 1.165) is 61.8 Å². The normalized spacial score (nSPS) is 23.5. The number of ether oxygens (including phenoxy) is 10. The summed E-state index contributed by atoms with van der Waals surface area (Å²) in [6, 6.07) is 82.7. The second-order valence-corrected chi connectivity index (χ2v) is 45.5. The number of para-hydroxylation sites is 5. The number of rotatable bonds is 3. The Balaban J connectivity index is 0.000000122. The SMILES string of the molecule is CC1=C(C)C(C)(C)C(F)(F)O1.CC1=C(C)C(C)(C)C2(CCCC2)O1.CC1=C(C)C(C)(C)C2(O1)c1ccccc1-c1ccccc12.CC1=C(C)C(F)(F)C(F)(F)O1.CC1=C(C)C(F)(F)OC1(F)F.CC1=C(C)C(c2ccccc2)(c2ccccc2)OC1(C)C.CC1=C(C)C2(CC2)OC12CC2.CC1=C(C)C2(OC1(C)C)c1ccccc1N(c1ccccc1)c1ccccc12.CC1=C(C)C2(OC1(C)C)c1ccccc1Oc1ccccc12. The van der Waals surface area contributed by atoms with Crippen molar-refractivity contribution in [2.45, 2.75) is 345 Å². The summed E-state index contributed by atoms with van der Waals surface area (Å²) in [6.45, 7) is 58.6. The standard InChI is InChI=1S/C26H25NO.C20H20O2.C20H20O.C20H22O.C12H20O.C10H14O.C8H12F2O.2C6H6F4O/c1-18-19(2)26(28-25(18,3)4)21-14-8-10-16-23(21)27(20-12-6-5-7-13-20)24-17-11-9-15-22(24)26;1-13-14(2)20(22-19(13,3)4)15-9-5-7-11-17(15)21-18-12-8-6-10-16(18)20;1-13-14(2)21-20(19(13,3)4)17-11-7-5-9-15(17)16-10-6-8-12-18(16)20;1-15-16(2)20(21-19(15,3)4,17-11-7-5-8-12-17)18-13-9-6-10-14-18;1-9-10(2)13-12(11(9,3)4)7-5-6-8-12;1-7-8(2)10(5-6-10)11-9(7)3-4-9;1-5-6(2)11-8(9,10)7(5,3)4;1-3-4(2)11-6(9,10)5(3,7)8;1-3-4(2)6(9,10)11-5(3,7)8/h5-17H,1-4H3;5-12H,1-4H3;5-12H,1-4H3;5-14H,1-4H3;5-8H2,1-4H3;3-6H2,1-2H3;1-4H3;2*1-2H3. The first-order valence-electron chi connectivity index (χ1n) is 52.0. The summed E-state index contributed by atoms with van der Waals surface area (Å²) in [4.78, 5) is 2.35. The van der Waals surface area contributed by atoms with Crippen LogP contribution in [0.3, 0.4) is 0 Å². The Kier molecular flexibility index (Phi) is 28.4. The largest absolute Gasteiger partial charge is 0.491 e. The molecule has 15 aliphatic rings. The van der Waals surface area contributed by atoms with Crippen LogP contribution in [0.15, 0.2) is 338 Å². The molecule has 0 amide bonds. The van der Waals surface area contributed by atoms with Crippen LogP contribution in [0.2, 0.25) is 0 Å². The van der Waals surface area contributed by atoms with Crippen molar-refractivity contribution in [2.24, 2.45) is 16.2 Å². The molecule has 0 N–H and O–H groups in total. The Morgan fingerprint density at radius 1 is 0.242 bits per heavy atom. The average Bonchev–Trinajstić information content (AvgIpc) is 1.26. The molecule has 11 nitrogen and oxygen atoms in total. The van der Waals surface area contributed by atoms with Gasteiger partial charge in [-0.1, -0.05) is 228 Å². The van der Waals surface area contributed by atoms with E-state index in [1.54, 1.807) is 25.0 Å². The maximum atomic E-state index is 13.0. The predicted octanol–water partition coefficient (Wildman–Crippen LogP) is 36.5. The molecular formula is C128H145F10NO10. The minimum absolute atomic E-state index is 0.0558. The second kappa shape index (κ2) is 38.4. The van der Waals surface area contributed by atoms with E-state index in [1.165, 1.54) is 171 Å². The van der Waals surface area contributed by atoms with E-state index in [-0.39, 0.29) is 50.0 Å². The minimum atomic E-state index is -4.37. The van der Waals surface area contributed by atoms with Crippen LogP contribution in [0.25, 0.3) is 11.1 Å². The van der Waals surface area contributed by atoms with Crippen LogP contribution < -0.4 is 9.64 Å². The van der Waals surface area contributed by atoms with Crippen LogP contribution >= 0.6 is 0 Å². The number of hydrogen-bond acceptors (Lipinski definition) is 11. The number of alkyl halides is 10. The first-order valence-corrected chi connectivity index (χ1v) is 52.0. The first-order chi connectivity index (χ1) is 69.4. The molecule has 4 aliphatic carbocycles. The number of anilines is 3. The molecule has 0 aromatic heterocycles. The summed E-state index contributed by atoms with van der Waals surface area (Å²) in [7, 11) is 0. The molecule has 3 saturated carbocycles. The monoisotopic (exact) mass is 2050 g/mol. The van der Waals surface area contributed by atoms with Crippen LogP contribution in [0.4, 0.5) is 61.0 Å². The third kappa shape index (κ3) is 17.9. The van der Waals surface area contributed by atoms with Crippen molar-refractivity contribution in [2.75, 3.05) is 4.90 Å². The maximum Gasteiger partial charge on any atom is 0.468 e. The van der Waals surface area contributed by atoms with Crippen LogP contribution in [-0.2, 0) is 65.0 Å². The molecule has 24 rings (SSSR count). The van der Waals surface area contributed by atoms with Crippen molar-refractivity contribution in [1.82, 2.24) is 0 Å². The Hall–Kier alpha value is -11.5. The number of halogens is 10. The Labute approximate surface area is 874 Å². The van der Waals surface area contributed by atoms with Crippen molar-refractivity contribution < 1.29 is 91.3 Å². The molecule has 0 bridgehead atoms. The highest BCUT2D eigenvalue weighted by Gasteiger charge is 2.68. The van der Waals surface area contributed by atoms with Crippen molar-refractivity contribution in [3.8, 4) is 22.6 Å². The van der Waals surface area contributed by atoms with Gasteiger partial charge in [0.25, 0.3) is 0 Å². The number of nitrogens with zero attached hydrogens (tertiary/aromatic N) is 1. The Morgan fingerprint density at radius 3 is 0.852 bits per heavy atom. The third-order valence-electron chi connectivity index (χ3n) is 35.8. The Bertz CT molecular complexity index is 6700. The van der Waals surface area contributed by atoms with Gasteiger partial charge in [0.2, 0.25) is 0 Å². The zero-order valence-corrected chi connectivity index (χ0v) is 92.0. The molecule has 792 valence electrons. The van der Waals surface area contributed by atoms with E-state index in [2.05, 4.69) is 372 Å². The van der Waals surface area contributed by atoms with Crippen LogP contribution in [0, 0.1) is 16.2 Å². The Morgan fingerprint density at radius 2 is 0.557 bits per heavy atom. The lowest BCUT2D eigenvalue weighted by Crippen LogP contribution is -2.40. The highest BCUT2D eigenvalue weighted by molar-refractivity contribution is 5.88. The van der Waals surface area contributed by atoms with Gasteiger partial charge in [-0.05, 0) is 351 Å². The van der Waals surface area contributed by atoms with Gasteiger partial charge in [0, 0.05) is 66.6 Å². The minimum Gasteiger partial charge on any atom is -0.491 e. The number of fused-ring (bicyclic) bond motifs is 13. The van der Waals surface area contributed by atoms with Gasteiger partial charge in [-0.3, -0.25) is 0 Å². The van der Waals surface area contributed by atoms with Gasteiger partial charge >= 0.3 is 30.4 Å². The van der Waals surface area contributed by atoms with Gasteiger partial charge in [0.15, 0.2) is 5.60 Å². The van der Waals surface area contributed by atoms with Crippen molar-refractivity contribution >= 4 is 17.1 Å². The summed E-state index contributed by atoms with van der Waals surface area (Å²) >= 11 is 0. The van der Waals surface area contributed by atoms with Crippen LogP contribution in [0.5, 0.6) is 11.5 Å². The van der Waals surface area contributed by atoms with Gasteiger partial charge in [-0.25, -0.2) is 4.74 Å². The second-order valence-electron chi connectivity index (χ2n) is 45.5. The molecule has 0 radical (unpaired) electrons. The number of hydrogen-bond donors (Lipinski definition) is 0. The summed E-state index contributed by atoms with van der Waals surface area (Å²) in [6.07, 6.45) is -4.77. The number of allylic oxidation sites excluding steroid dienone is 4. The van der Waals surface area contributed by atoms with E-state index < -0.39 is 75.1 Å². The highest BCUT2D eigenvalue weighted by atomic mass is 19.3. The molecule has 11 aliphatic heterocycles. The third-order valence-corrected chi connectivity index (χ3v) is 35.8. The van der Waals surface area contributed by atoms with E-state index >= 15 is 0 Å². The van der Waals surface area contributed by atoms with Crippen LogP contribution in [-0.4, -0.2) is 64.0 Å². The van der Waals surface area contributed by atoms with Crippen molar-refractivity contribution in [1.29, 1.82) is 0 Å². The topological polar surface area (TPSA) is 95.5 Å². The molecule has 3 fully saturated rings. The van der Waals surface area contributed by atoms with E-state index in [1.807, 2.05) is 36.4 Å². The van der Waals surface area contributed by atoms with Crippen molar-refractivity contribution in [3.05, 3.63) is 382 Å². The fraction of sp³-hybridized carbons (Fsp3) is 0.438. The molecule has 0 atom stereocenters. The van der Waals surface area contributed by atoms with Gasteiger partial charge in [-0.15, -0.1) is 0 Å². The lowest BCUT2D eigenvalue weighted by molar-refractivity contribution is -0.322. The zero-order valence-electron chi connectivity index (χ0n) is 92.0. The summed E-state index contributed by atoms with van der Waals surface area (Å²) in [5.74, 6) is -0.215. The molecule has 11 heterocycles. The molecule has 6 spiro atoms. The summed E-state index contributed by atoms with van der Waals surface area (Å²) in [5.41, 5.74) is 24.8. The quantitative estimate of drug-likeness (QED) is 0.125. The van der Waals surface area contributed by atoms with Gasteiger partial charge in [0.1, 0.15) is 39.7 Å². The van der Waals surface area contributed by atoms with E-state index in [4.69, 9.17) is 33.2 Å². The smallest absolute Gasteiger partial charge is 0.468 e. The molecule has 0 unspecified atom stereocenters. The maximum absolute atomic E-state index is 13.0.